The van der Waals surface area contributed by atoms with Gasteiger partial charge in [-0.25, -0.2) is 4.79 Å². The molecule has 0 aliphatic carbocycles. The van der Waals surface area contributed by atoms with Crippen molar-refractivity contribution in [2.45, 2.75) is 25.5 Å². The Morgan fingerprint density at radius 3 is 2.79 bits per heavy atom. The molecule has 2 aliphatic heterocycles. The lowest BCUT2D eigenvalue weighted by Gasteiger charge is -2.21. The Morgan fingerprint density at radius 2 is 2.17 bits per heavy atom. The third-order valence-electron chi connectivity index (χ3n) is 4.52. The van der Waals surface area contributed by atoms with Gasteiger partial charge in [-0.15, -0.1) is 0 Å². The fraction of sp³-hybridized carbons (Fsp3) is 0.600. The van der Waals surface area contributed by atoms with E-state index in [1.807, 2.05) is 0 Å². The normalized spacial score (nSPS) is 23.0. The van der Waals surface area contributed by atoms with Crippen LogP contribution >= 0.6 is 0 Å². The number of likely N-dealkylation sites (N-methyl/N-ethyl adjacent to an activating group) is 2. The summed E-state index contributed by atoms with van der Waals surface area (Å²) in [6.07, 6.45) is 0.266. The van der Waals surface area contributed by atoms with E-state index in [1.54, 1.807) is 32.0 Å². The van der Waals surface area contributed by atoms with E-state index < -0.39 is 5.60 Å². The maximum absolute atomic E-state index is 12.7. The Bertz CT molecular complexity index is 700. The fourth-order valence-electron chi connectivity index (χ4n) is 3.17. The molecule has 0 unspecified atom stereocenters. The van der Waals surface area contributed by atoms with Gasteiger partial charge < -0.3 is 19.9 Å². The number of nitrogens with zero attached hydrogens (tertiary/aromatic N) is 4. The highest BCUT2D eigenvalue weighted by Crippen LogP contribution is 2.32. The first-order chi connectivity index (χ1) is 11.3. The molecule has 3 amide bonds. The van der Waals surface area contributed by atoms with Gasteiger partial charge in [-0.3, -0.25) is 14.3 Å². The molecular formula is C15H21N5O4. The molecule has 24 heavy (non-hydrogen) atoms. The number of carbonyl (C=O) groups is 3. The van der Waals surface area contributed by atoms with Crippen molar-refractivity contribution < 1.29 is 19.1 Å². The van der Waals surface area contributed by atoms with Crippen molar-refractivity contribution in [3.8, 4) is 0 Å². The zero-order chi connectivity index (χ0) is 17.5. The van der Waals surface area contributed by atoms with Gasteiger partial charge in [-0.05, 0) is 13.0 Å². The number of hydrogen-bond donors (Lipinski definition) is 1. The number of amides is 3. The van der Waals surface area contributed by atoms with Crippen LogP contribution in [0.2, 0.25) is 0 Å². The van der Waals surface area contributed by atoms with Gasteiger partial charge in [0.25, 0.3) is 5.91 Å². The van der Waals surface area contributed by atoms with E-state index in [0.29, 0.717) is 31.7 Å². The molecule has 0 radical (unpaired) electrons. The number of aryl methyl sites for hydroxylation is 1. The largest absolute Gasteiger partial charge is 0.439 e. The topological polar surface area (TPSA) is 96.8 Å². The highest BCUT2D eigenvalue weighted by molar-refractivity contribution is 5.93. The van der Waals surface area contributed by atoms with Crippen molar-refractivity contribution in [1.82, 2.24) is 24.9 Å². The molecule has 2 aliphatic rings. The van der Waals surface area contributed by atoms with Gasteiger partial charge >= 0.3 is 6.09 Å². The van der Waals surface area contributed by atoms with Crippen molar-refractivity contribution in [3.63, 3.8) is 0 Å². The maximum Gasteiger partial charge on any atom is 0.410 e. The molecular weight excluding hydrogens is 314 g/mol. The minimum atomic E-state index is -0.610. The molecule has 2 fully saturated rings. The quantitative estimate of drug-likeness (QED) is 0.811. The second-order valence-electron chi connectivity index (χ2n) is 6.39. The van der Waals surface area contributed by atoms with Gasteiger partial charge in [0.15, 0.2) is 11.3 Å². The number of rotatable bonds is 3. The number of hydrogen-bond acceptors (Lipinski definition) is 5. The molecule has 2 saturated heterocycles. The van der Waals surface area contributed by atoms with Crippen LogP contribution in [0.25, 0.3) is 0 Å². The first kappa shape index (κ1) is 16.3. The number of ether oxygens (including phenoxy) is 1. The van der Waals surface area contributed by atoms with E-state index in [9.17, 15) is 14.4 Å². The molecule has 1 aromatic rings. The van der Waals surface area contributed by atoms with E-state index >= 15 is 0 Å². The van der Waals surface area contributed by atoms with E-state index in [0.717, 1.165) is 5.69 Å². The van der Waals surface area contributed by atoms with Crippen molar-refractivity contribution >= 4 is 17.9 Å². The summed E-state index contributed by atoms with van der Waals surface area (Å²) in [4.78, 5) is 38.9. The van der Waals surface area contributed by atoms with Gasteiger partial charge in [-0.1, -0.05) is 0 Å². The molecule has 130 valence electrons. The molecule has 9 heteroatoms. The Morgan fingerprint density at radius 1 is 1.42 bits per heavy atom. The fourth-order valence-corrected chi connectivity index (χ4v) is 3.17. The van der Waals surface area contributed by atoms with Crippen LogP contribution in [0.1, 0.15) is 22.6 Å². The summed E-state index contributed by atoms with van der Waals surface area (Å²) >= 11 is 0. The maximum atomic E-state index is 12.7. The first-order valence-electron chi connectivity index (χ1n) is 7.82. The summed E-state index contributed by atoms with van der Waals surface area (Å²) in [7, 11) is 3.24. The van der Waals surface area contributed by atoms with Crippen LogP contribution in [-0.2, 0) is 16.1 Å². The highest BCUT2D eigenvalue weighted by Gasteiger charge is 2.49. The molecule has 3 heterocycles. The summed E-state index contributed by atoms with van der Waals surface area (Å²) in [5.41, 5.74) is 0.426. The van der Waals surface area contributed by atoms with Crippen LogP contribution in [0, 0.1) is 6.92 Å². The third-order valence-corrected chi connectivity index (χ3v) is 4.52. The zero-order valence-corrected chi connectivity index (χ0v) is 14.0. The lowest BCUT2D eigenvalue weighted by atomic mass is 10.0. The van der Waals surface area contributed by atoms with Gasteiger partial charge in [0.1, 0.15) is 6.54 Å². The third kappa shape index (κ3) is 2.81. The van der Waals surface area contributed by atoms with Gasteiger partial charge in [0, 0.05) is 32.8 Å². The van der Waals surface area contributed by atoms with Gasteiger partial charge in [0.2, 0.25) is 5.91 Å². The molecule has 3 rings (SSSR count). The molecule has 9 nitrogen and oxygen atoms in total. The van der Waals surface area contributed by atoms with E-state index in [4.69, 9.17) is 4.74 Å². The van der Waals surface area contributed by atoms with E-state index in [-0.39, 0.29) is 24.5 Å². The van der Waals surface area contributed by atoms with Crippen LogP contribution in [0.5, 0.6) is 0 Å². The van der Waals surface area contributed by atoms with Crippen LogP contribution in [0.15, 0.2) is 6.07 Å². The van der Waals surface area contributed by atoms with Gasteiger partial charge in [-0.2, -0.15) is 5.10 Å². The van der Waals surface area contributed by atoms with Crippen LogP contribution in [-0.4, -0.2) is 76.8 Å². The summed E-state index contributed by atoms with van der Waals surface area (Å²) < 4.78 is 6.95. The molecule has 0 saturated carbocycles. The van der Waals surface area contributed by atoms with Gasteiger partial charge in [0.05, 0.1) is 13.1 Å². The van der Waals surface area contributed by atoms with Crippen molar-refractivity contribution in [2.24, 2.45) is 0 Å². The Labute approximate surface area is 139 Å². The van der Waals surface area contributed by atoms with E-state index in [2.05, 4.69) is 10.4 Å². The summed E-state index contributed by atoms with van der Waals surface area (Å²) in [5.74, 6) is -0.391. The smallest absolute Gasteiger partial charge is 0.410 e. The summed E-state index contributed by atoms with van der Waals surface area (Å²) in [6.45, 7) is 3.23. The molecule has 1 atom stereocenters. The Hall–Kier alpha value is -2.58. The minimum absolute atomic E-state index is 0.0714. The lowest BCUT2D eigenvalue weighted by molar-refractivity contribution is -0.121. The molecule has 1 N–H and O–H groups in total. The van der Waals surface area contributed by atoms with Crippen LogP contribution in [0.4, 0.5) is 4.79 Å². The minimum Gasteiger partial charge on any atom is -0.439 e. The Kier molecular flexibility index (Phi) is 3.94. The SMILES string of the molecule is CNC(=O)Cn1nc(C(=O)N2CC[C@@]3(CN(C)C(=O)O3)C2)cc1C. The number of likely N-dealkylation sites (tertiary alicyclic amines) is 1. The average molecular weight is 335 g/mol. The number of carbonyl (C=O) groups excluding carboxylic acids is 3. The Balaban J connectivity index is 1.71. The monoisotopic (exact) mass is 335 g/mol. The van der Waals surface area contributed by atoms with Crippen molar-refractivity contribution in [2.75, 3.05) is 33.7 Å². The predicted molar refractivity (Wildman–Crippen MR) is 83.4 cm³/mol. The van der Waals surface area contributed by atoms with Crippen LogP contribution < -0.4 is 5.32 Å². The standard InChI is InChI=1S/C15H21N5O4/c1-10-6-11(17-20(10)7-12(21)16-2)13(22)19-5-4-15(9-19)8-18(3)14(23)24-15/h6H,4-5,7-9H2,1-3H3,(H,16,21)/t15-/m1/s1. The number of aromatic nitrogens is 2. The summed E-state index contributed by atoms with van der Waals surface area (Å²) in [6, 6.07) is 1.67. The first-order valence-corrected chi connectivity index (χ1v) is 7.82. The van der Waals surface area contributed by atoms with Crippen molar-refractivity contribution in [1.29, 1.82) is 0 Å². The second-order valence-corrected chi connectivity index (χ2v) is 6.39. The molecule has 1 aromatic heterocycles. The number of nitrogens with one attached hydrogen (secondary N) is 1. The van der Waals surface area contributed by atoms with E-state index in [1.165, 1.54) is 9.58 Å². The molecule has 0 aromatic carbocycles. The molecule has 1 spiro atoms. The van der Waals surface area contributed by atoms with Crippen LogP contribution in [0.3, 0.4) is 0 Å². The predicted octanol–water partition coefficient (Wildman–Crippen LogP) is -0.396. The summed E-state index contributed by atoms with van der Waals surface area (Å²) in [5, 5.41) is 6.76. The average Bonchev–Trinajstić information content (AvgIpc) is 3.18. The second kappa shape index (κ2) is 5.81. The lowest BCUT2D eigenvalue weighted by Crippen LogP contribution is -2.39. The highest BCUT2D eigenvalue weighted by atomic mass is 16.6. The zero-order valence-electron chi connectivity index (χ0n) is 14.0. The van der Waals surface area contributed by atoms with Crippen molar-refractivity contribution in [3.05, 3.63) is 17.5 Å². The molecule has 0 bridgehead atoms.